The molecule has 0 aliphatic carbocycles. The molecule has 0 aliphatic heterocycles. The molecule has 0 atom stereocenters. The van der Waals surface area contributed by atoms with Crippen molar-refractivity contribution in [1.29, 1.82) is 0 Å². The second-order valence-corrected chi connectivity index (χ2v) is 6.06. The van der Waals surface area contributed by atoms with Crippen LogP contribution in [0, 0.1) is 0 Å². The first-order valence-electron chi connectivity index (χ1n) is 6.84. The fourth-order valence-electron chi connectivity index (χ4n) is 2.26. The topological polar surface area (TPSA) is 29.5 Å². The van der Waals surface area contributed by atoms with Gasteiger partial charge in [0.05, 0.1) is 5.69 Å². The van der Waals surface area contributed by atoms with E-state index in [1.807, 2.05) is 6.07 Å². The monoisotopic (exact) mass is 297 g/mol. The molecule has 0 radical (unpaired) electrons. The Hall–Kier alpha value is -1.06. The van der Waals surface area contributed by atoms with Crippen molar-refractivity contribution in [2.24, 2.45) is 0 Å². The average Bonchev–Trinajstić information content (AvgIpc) is 2.42. The molecule has 0 unspecified atom stereocenters. The Balaban J connectivity index is 3.48. The van der Waals surface area contributed by atoms with Crippen molar-refractivity contribution in [3.05, 3.63) is 29.3 Å². The second-order valence-electron chi connectivity index (χ2n) is 5.79. The molecule has 0 aromatic heterocycles. The van der Waals surface area contributed by atoms with E-state index in [1.165, 1.54) is 0 Å². The van der Waals surface area contributed by atoms with Crippen molar-refractivity contribution in [2.45, 2.75) is 39.5 Å². The molecule has 1 amide bonds. The highest BCUT2D eigenvalue weighted by Gasteiger charge is 2.26. The Morgan fingerprint density at radius 2 is 2.00 bits per heavy atom. The third-order valence-electron chi connectivity index (χ3n) is 3.25. The molecule has 0 spiro atoms. The number of methoxy groups -OCH3 is 1. The molecule has 1 aromatic carbocycles. The van der Waals surface area contributed by atoms with Gasteiger partial charge in [0.2, 0.25) is 5.91 Å². The van der Waals surface area contributed by atoms with Gasteiger partial charge in [-0.15, -0.1) is 11.6 Å². The Bertz CT molecular complexity index is 466. The van der Waals surface area contributed by atoms with Gasteiger partial charge < -0.3 is 4.74 Å². The first-order chi connectivity index (χ1) is 9.36. The summed E-state index contributed by atoms with van der Waals surface area (Å²) < 4.78 is 5.19. The van der Waals surface area contributed by atoms with Gasteiger partial charge in [-0.3, -0.25) is 9.69 Å². The molecule has 1 aromatic rings. The molecule has 3 nitrogen and oxygen atoms in total. The van der Waals surface area contributed by atoms with E-state index >= 15 is 0 Å². The largest absolute Gasteiger partial charge is 0.364 e. The Kier molecular flexibility index (Phi) is 6.03. The van der Waals surface area contributed by atoms with E-state index in [9.17, 15) is 4.79 Å². The minimum atomic E-state index is -0.139. The second kappa shape index (κ2) is 7.09. The van der Waals surface area contributed by atoms with Crippen LogP contribution < -0.4 is 4.90 Å². The smallest absolute Gasteiger partial charge is 0.243 e. The third kappa shape index (κ3) is 3.74. The number of hydrogen-bond donors (Lipinski definition) is 0. The van der Waals surface area contributed by atoms with Crippen LogP contribution in [0.25, 0.3) is 0 Å². The molecular weight excluding hydrogens is 274 g/mol. The summed E-state index contributed by atoms with van der Waals surface area (Å²) in [5.74, 6) is -0.190. The molecule has 4 heteroatoms. The first kappa shape index (κ1) is 17.0. The van der Waals surface area contributed by atoms with E-state index in [-0.39, 0.29) is 23.9 Å². The number of ether oxygens (including phenoxy) is 1. The number of rotatable bonds is 5. The van der Waals surface area contributed by atoms with Gasteiger partial charge in [-0.05, 0) is 23.0 Å². The maximum absolute atomic E-state index is 12.2. The van der Waals surface area contributed by atoms with Crippen molar-refractivity contribution in [3.63, 3.8) is 0 Å². The minimum Gasteiger partial charge on any atom is -0.364 e. The maximum Gasteiger partial charge on any atom is 0.243 e. The number of alkyl halides is 1. The van der Waals surface area contributed by atoms with Crippen LogP contribution in [-0.2, 0) is 21.4 Å². The standard InChI is InChI=1S/C16H24ClNO2/c1-6-12-8-7-9-13(16(2,3)4)15(12)18(11-20-5)14(19)10-17/h7-9H,6,10-11H2,1-5H3. The number of anilines is 1. The van der Waals surface area contributed by atoms with E-state index in [0.29, 0.717) is 0 Å². The lowest BCUT2D eigenvalue weighted by Gasteiger charge is -2.31. The summed E-state index contributed by atoms with van der Waals surface area (Å²) in [7, 11) is 1.58. The van der Waals surface area contributed by atoms with Crippen LogP contribution in [0.15, 0.2) is 18.2 Å². The fraction of sp³-hybridized carbons (Fsp3) is 0.562. The quantitative estimate of drug-likeness (QED) is 0.612. The zero-order valence-electron chi connectivity index (χ0n) is 13.0. The van der Waals surface area contributed by atoms with Crippen molar-refractivity contribution >= 4 is 23.2 Å². The van der Waals surface area contributed by atoms with Gasteiger partial charge in [-0.25, -0.2) is 0 Å². The molecular formula is C16H24ClNO2. The van der Waals surface area contributed by atoms with Gasteiger partial charge in [0, 0.05) is 7.11 Å². The van der Waals surface area contributed by atoms with Crippen molar-refractivity contribution in [1.82, 2.24) is 0 Å². The Labute approximate surface area is 126 Å². The zero-order chi connectivity index (χ0) is 15.3. The summed E-state index contributed by atoms with van der Waals surface area (Å²) >= 11 is 5.75. The lowest BCUT2D eigenvalue weighted by atomic mass is 9.83. The van der Waals surface area contributed by atoms with Crippen LogP contribution in [0.4, 0.5) is 5.69 Å². The molecule has 0 fully saturated rings. The maximum atomic E-state index is 12.2. The fourth-order valence-corrected chi connectivity index (χ4v) is 2.41. The molecule has 1 rings (SSSR count). The van der Waals surface area contributed by atoms with Crippen molar-refractivity contribution in [3.8, 4) is 0 Å². The number of para-hydroxylation sites is 1. The van der Waals surface area contributed by atoms with Gasteiger partial charge in [0.15, 0.2) is 0 Å². The number of carbonyl (C=O) groups excluding carboxylic acids is 1. The Morgan fingerprint density at radius 1 is 1.35 bits per heavy atom. The number of aryl methyl sites for hydroxylation is 1. The van der Waals surface area contributed by atoms with Crippen LogP contribution in [0.1, 0.15) is 38.8 Å². The summed E-state index contributed by atoms with van der Waals surface area (Å²) in [6.45, 7) is 8.72. The van der Waals surface area contributed by atoms with Crippen molar-refractivity contribution in [2.75, 3.05) is 24.6 Å². The molecule has 0 N–H and O–H groups in total. The molecule has 0 aliphatic rings. The number of carbonyl (C=O) groups is 1. The van der Waals surface area contributed by atoms with Gasteiger partial charge >= 0.3 is 0 Å². The summed E-state index contributed by atoms with van der Waals surface area (Å²) in [5, 5.41) is 0. The van der Waals surface area contributed by atoms with Gasteiger partial charge in [0.25, 0.3) is 0 Å². The predicted molar refractivity (Wildman–Crippen MR) is 84.6 cm³/mol. The highest BCUT2D eigenvalue weighted by Crippen LogP contribution is 2.35. The van der Waals surface area contributed by atoms with E-state index in [0.717, 1.165) is 23.2 Å². The Morgan fingerprint density at radius 3 is 2.45 bits per heavy atom. The van der Waals surface area contributed by atoms with Gasteiger partial charge in [0.1, 0.15) is 12.6 Å². The van der Waals surface area contributed by atoms with Crippen LogP contribution >= 0.6 is 11.6 Å². The number of benzene rings is 1. The number of nitrogens with zero attached hydrogens (tertiary/aromatic N) is 1. The molecule has 0 heterocycles. The lowest BCUT2D eigenvalue weighted by molar-refractivity contribution is -0.117. The molecule has 0 bridgehead atoms. The highest BCUT2D eigenvalue weighted by molar-refractivity contribution is 6.29. The SMILES string of the molecule is CCc1cccc(C(C)(C)C)c1N(COC)C(=O)CCl. The highest BCUT2D eigenvalue weighted by atomic mass is 35.5. The predicted octanol–water partition coefficient (Wildman–Crippen LogP) is 3.72. The third-order valence-corrected chi connectivity index (χ3v) is 3.48. The summed E-state index contributed by atoms with van der Waals surface area (Å²) in [6, 6.07) is 6.16. The first-order valence-corrected chi connectivity index (χ1v) is 7.37. The zero-order valence-corrected chi connectivity index (χ0v) is 13.8. The summed E-state index contributed by atoms with van der Waals surface area (Å²) in [4.78, 5) is 13.8. The van der Waals surface area contributed by atoms with E-state index in [1.54, 1.807) is 12.0 Å². The lowest BCUT2D eigenvalue weighted by Crippen LogP contribution is -2.36. The molecule has 0 saturated carbocycles. The molecule has 20 heavy (non-hydrogen) atoms. The van der Waals surface area contributed by atoms with Crippen LogP contribution in [0.2, 0.25) is 0 Å². The van der Waals surface area contributed by atoms with Gasteiger partial charge in [-0.1, -0.05) is 45.9 Å². The van der Waals surface area contributed by atoms with E-state index in [2.05, 4.69) is 39.8 Å². The molecule has 0 saturated heterocycles. The molecule has 112 valence electrons. The van der Waals surface area contributed by atoms with E-state index in [4.69, 9.17) is 16.3 Å². The van der Waals surface area contributed by atoms with E-state index < -0.39 is 0 Å². The average molecular weight is 298 g/mol. The van der Waals surface area contributed by atoms with Gasteiger partial charge in [-0.2, -0.15) is 0 Å². The number of amides is 1. The van der Waals surface area contributed by atoms with Crippen LogP contribution in [-0.4, -0.2) is 25.6 Å². The number of halogens is 1. The van der Waals surface area contributed by atoms with Crippen molar-refractivity contribution < 1.29 is 9.53 Å². The van der Waals surface area contributed by atoms with Crippen LogP contribution in [0.3, 0.4) is 0 Å². The minimum absolute atomic E-state index is 0.0506. The summed E-state index contributed by atoms with van der Waals surface area (Å²) in [6.07, 6.45) is 0.856. The summed E-state index contributed by atoms with van der Waals surface area (Å²) in [5.41, 5.74) is 3.15. The number of hydrogen-bond acceptors (Lipinski definition) is 2. The van der Waals surface area contributed by atoms with Crippen LogP contribution in [0.5, 0.6) is 0 Å². The normalized spacial score (nSPS) is 11.5.